The van der Waals surface area contributed by atoms with E-state index in [1.165, 1.54) is 0 Å². The third-order valence-electron chi connectivity index (χ3n) is 4.79. The van der Waals surface area contributed by atoms with E-state index >= 15 is 0 Å². The standard InChI is InChI=1S/C25H30N2O5/c1-15(2)14-31-19-12-11-18(13-20(19)30-5)23-21(24(28)32-16(3)4)22(26-25(29)27-23)17-9-7-6-8-10-17/h6-13,15-16,23H,14H2,1-5H3,(H2,26,27,29). The summed E-state index contributed by atoms with van der Waals surface area (Å²) in [4.78, 5) is 25.7. The number of carbonyl (C=O) groups is 2. The van der Waals surface area contributed by atoms with Gasteiger partial charge in [0.1, 0.15) is 0 Å². The average molecular weight is 439 g/mol. The number of esters is 1. The number of hydrogen-bond donors (Lipinski definition) is 2. The zero-order chi connectivity index (χ0) is 23.3. The highest BCUT2D eigenvalue weighted by Gasteiger charge is 2.35. The molecule has 1 aliphatic rings. The van der Waals surface area contributed by atoms with Crippen LogP contribution < -0.4 is 20.1 Å². The fourth-order valence-corrected chi connectivity index (χ4v) is 3.38. The zero-order valence-corrected chi connectivity index (χ0v) is 19.1. The molecule has 7 heteroatoms. The van der Waals surface area contributed by atoms with Crippen molar-refractivity contribution in [3.05, 3.63) is 65.2 Å². The molecule has 0 aliphatic carbocycles. The molecule has 1 unspecified atom stereocenters. The van der Waals surface area contributed by atoms with Crippen molar-refractivity contribution in [3.8, 4) is 11.5 Å². The molecule has 1 aliphatic heterocycles. The van der Waals surface area contributed by atoms with E-state index in [-0.39, 0.29) is 6.10 Å². The lowest BCUT2D eigenvalue weighted by Gasteiger charge is -2.30. The van der Waals surface area contributed by atoms with Crippen LogP contribution in [0.2, 0.25) is 0 Å². The van der Waals surface area contributed by atoms with Crippen molar-refractivity contribution in [2.45, 2.75) is 39.8 Å². The van der Waals surface area contributed by atoms with Crippen molar-refractivity contribution in [1.82, 2.24) is 10.6 Å². The molecule has 0 bridgehead atoms. The van der Waals surface area contributed by atoms with Crippen LogP contribution in [0.3, 0.4) is 0 Å². The molecule has 1 atom stereocenters. The smallest absolute Gasteiger partial charge is 0.338 e. The minimum absolute atomic E-state index is 0.313. The molecule has 2 amide bonds. The maximum atomic E-state index is 13.2. The Morgan fingerprint density at radius 1 is 1.03 bits per heavy atom. The van der Waals surface area contributed by atoms with E-state index in [9.17, 15) is 9.59 Å². The molecule has 0 spiro atoms. The van der Waals surface area contributed by atoms with Gasteiger partial charge in [-0.05, 0) is 43.0 Å². The zero-order valence-electron chi connectivity index (χ0n) is 19.1. The van der Waals surface area contributed by atoms with Crippen LogP contribution in [0, 0.1) is 5.92 Å². The first-order valence-electron chi connectivity index (χ1n) is 10.7. The number of ether oxygens (including phenoxy) is 3. The minimum Gasteiger partial charge on any atom is -0.493 e. The number of urea groups is 1. The second kappa shape index (κ2) is 10.2. The SMILES string of the molecule is COc1cc(C2NC(=O)NC(c3ccccc3)=C2C(=O)OC(C)C)ccc1OCC(C)C. The largest absolute Gasteiger partial charge is 0.493 e. The lowest BCUT2D eigenvalue weighted by atomic mass is 9.92. The summed E-state index contributed by atoms with van der Waals surface area (Å²) in [6.45, 7) is 8.24. The number of rotatable bonds is 8. The molecule has 0 fully saturated rings. The fourth-order valence-electron chi connectivity index (χ4n) is 3.38. The summed E-state index contributed by atoms with van der Waals surface area (Å²) >= 11 is 0. The Bertz CT molecular complexity index is 999. The molecule has 2 N–H and O–H groups in total. The first-order valence-corrected chi connectivity index (χ1v) is 10.7. The number of carbonyl (C=O) groups excluding carboxylic acids is 2. The van der Waals surface area contributed by atoms with E-state index in [1.807, 2.05) is 36.4 Å². The Balaban J connectivity index is 2.10. The van der Waals surface area contributed by atoms with Crippen LogP contribution in [0.5, 0.6) is 11.5 Å². The molecule has 1 heterocycles. The Morgan fingerprint density at radius 2 is 1.75 bits per heavy atom. The molecule has 0 saturated carbocycles. The molecule has 170 valence electrons. The van der Waals surface area contributed by atoms with Gasteiger partial charge in [0.25, 0.3) is 0 Å². The number of benzene rings is 2. The predicted octanol–water partition coefficient (Wildman–Crippen LogP) is 4.45. The van der Waals surface area contributed by atoms with E-state index in [1.54, 1.807) is 33.1 Å². The average Bonchev–Trinajstić information content (AvgIpc) is 2.77. The Labute approximate surface area is 188 Å². The highest BCUT2D eigenvalue weighted by molar-refractivity contribution is 6.04. The van der Waals surface area contributed by atoms with Crippen LogP contribution in [0.25, 0.3) is 5.70 Å². The van der Waals surface area contributed by atoms with Crippen LogP contribution in [0.4, 0.5) is 4.79 Å². The van der Waals surface area contributed by atoms with Crippen LogP contribution in [0.1, 0.15) is 44.9 Å². The molecule has 3 rings (SSSR count). The third-order valence-corrected chi connectivity index (χ3v) is 4.79. The Hall–Kier alpha value is -3.48. The lowest BCUT2D eigenvalue weighted by Crippen LogP contribution is -2.45. The van der Waals surface area contributed by atoms with Crippen molar-refractivity contribution in [2.75, 3.05) is 13.7 Å². The van der Waals surface area contributed by atoms with E-state index in [4.69, 9.17) is 14.2 Å². The van der Waals surface area contributed by atoms with Gasteiger partial charge in [0.15, 0.2) is 11.5 Å². The second-order valence-electron chi connectivity index (χ2n) is 8.26. The summed E-state index contributed by atoms with van der Waals surface area (Å²) in [5.41, 5.74) is 2.14. The summed E-state index contributed by atoms with van der Waals surface area (Å²) < 4.78 is 16.9. The van der Waals surface area contributed by atoms with Crippen LogP contribution in [0.15, 0.2) is 54.1 Å². The maximum absolute atomic E-state index is 13.2. The fraction of sp³-hybridized carbons (Fsp3) is 0.360. The van der Waals surface area contributed by atoms with E-state index in [2.05, 4.69) is 24.5 Å². The molecular weight excluding hydrogens is 408 g/mol. The second-order valence-corrected chi connectivity index (χ2v) is 8.26. The monoisotopic (exact) mass is 438 g/mol. The van der Waals surface area contributed by atoms with Gasteiger partial charge in [-0.15, -0.1) is 0 Å². The first-order chi connectivity index (χ1) is 15.3. The van der Waals surface area contributed by atoms with Gasteiger partial charge in [0, 0.05) is 0 Å². The van der Waals surface area contributed by atoms with Crippen molar-refractivity contribution in [3.63, 3.8) is 0 Å². The molecule has 2 aromatic rings. The van der Waals surface area contributed by atoms with Crippen LogP contribution in [-0.2, 0) is 9.53 Å². The van der Waals surface area contributed by atoms with Gasteiger partial charge >= 0.3 is 12.0 Å². The van der Waals surface area contributed by atoms with Crippen molar-refractivity contribution in [2.24, 2.45) is 5.92 Å². The summed E-state index contributed by atoms with van der Waals surface area (Å²) in [5.74, 6) is 0.977. The van der Waals surface area contributed by atoms with Crippen molar-refractivity contribution in [1.29, 1.82) is 0 Å². The van der Waals surface area contributed by atoms with E-state index in [0.717, 1.165) is 0 Å². The van der Waals surface area contributed by atoms with Crippen molar-refractivity contribution < 1.29 is 23.8 Å². The number of amides is 2. The Morgan fingerprint density at radius 3 is 2.38 bits per heavy atom. The van der Waals surface area contributed by atoms with Gasteiger partial charge in [-0.3, -0.25) is 0 Å². The predicted molar refractivity (Wildman–Crippen MR) is 122 cm³/mol. The van der Waals surface area contributed by atoms with E-state index in [0.29, 0.717) is 46.4 Å². The highest BCUT2D eigenvalue weighted by Crippen LogP contribution is 2.36. The topological polar surface area (TPSA) is 85.9 Å². The maximum Gasteiger partial charge on any atom is 0.338 e. The van der Waals surface area contributed by atoms with Gasteiger partial charge < -0.3 is 24.8 Å². The van der Waals surface area contributed by atoms with Crippen LogP contribution in [-0.4, -0.2) is 31.8 Å². The van der Waals surface area contributed by atoms with Gasteiger partial charge in [-0.25, -0.2) is 9.59 Å². The minimum atomic E-state index is -0.724. The molecule has 0 aromatic heterocycles. The van der Waals surface area contributed by atoms with Gasteiger partial charge in [0.05, 0.1) is 37.1 Å². The molecular formula is C25H30N2O5. The Kier molecular flexibility index (Phi) is 7.41. The van der Waals surface area contributed by atoms with Crippen LogP contribution >= 0.6 is 0 Å². The van der Waals surface area contributed by atoms with Gasteiger partial charge in [-0.2, -0.15) is 0 Å². The normalized spacial score (nSPS) is 16.0. The summed E-state index contributed by atoms with van der Waals surface area (Å²) in [6, 6.07) is 13.5. The summed E-state index contributed by atoms with van der Waals surface area (Å²) in [6.07, 6.45) is -0.313. The summed E-state index contributed by atoms with van der Waals surface area (Å²) in [5, 5.41) is 5.63. The number of hydrogen-bond acceptors (Lipinski definition) is 5. The number of methoxy groups -OCH3 is 1. The van der Waals surface area contributed by atoms with Gasteiger partial charge in [0.2, 0.25) is 0 Å². The first kappa shape index (κ1) is 23.2. The van der Waals surface area contributed by atoms with E-state index < -0.39 is 18.0 Å². The third kappa shape index (κ3) is 5.41. The highest BCUT2D eigenvalue weighted by atomic mass is 16.5. The van der Waals surface area contributed by atoms with Gasteiger partial charge in [-0.1, -0.05) is 50.2 Å². The molecule has 0 radical (unpaired) electrons. The molecule has 2 aromatic carbocycles. The quantitative estimate of drug-likeness (QED) is 0.595. The lowest BCUT2D eigenvalue weighted by molar-refractivity contribution is -0.143. The number of nitrogens with one attached hydrogen (secondary N) is 2. The van der Waals surface area contributed by atoms with Crippen molar-refractivity contribution >= 4 is 17.7 Å². The molecule has 7 nitrogen and oxygen atoms in total. The molecule has 32 heavy (non-hydrogen) atoms. The summed E-state index contributed by atoms with van der Waals surface area (Å²) in [7, 11) is 1.56. The molecule has 0 saturated heterocycles.